The molecular weight excluding hydrogens is 292 g/mol. The number of hydrogen-bond acceptors (Lipinski definition) is 4. The van der Waals surface area contributed by atoms with Gasteiger partial charge in [-0.2, -0.15) is 0 Å². The minimum Gasteiger partial charge on any atom is -0.342 e. The summed E-state index contributed by atoms with van der Waals surface area (Å²) in [4.78, 5) is 26.4. The molecule has 0 spiro atoms. The third-order valence-electron chi connectivity index (χ3n) is 3.78. The highest BCUT2D eigenvalue weighted by molar-refractivity contribution is 7.90. The van der Waals surface area contributed by atoms with Gasteiger partial charge in [-0.1, -0.05) is 20.8 Å². The summed E-state index contributed by atoms with van der Waals surface area (Å²) in [6.07, 6.45) is 1.50. The van der Waals surface area contributed by atoms with Gasteiger partial charge in [0.1, 0.15) is 21.4 Å². The van der Waals surface area contributed by atoms with Crippen molar-refractivity contribution in [2.24, 2.45) is 5.41 Å². The fraction of sp³-hybridized carbons (Fsp3) is 0.857. The van der Waals surface area contributed by atoms with Crippen LogP contribution in [0.5, 0.6) is 0 Å². The van der Waals surface area contributed by atoms with Gasteiger partial charge in [-0.05, 0) is 25.7 Å². The maximum absolute atomic E-state index is 12.7. The smallest absolute Gasteiger partial charge is 0.246 e. The normalized spacial score (nSPS) is 23.1. The van der Waals surface area contributed by atoms with Crippen LogP contribution in [-0.2, 0) is 19.4 Å². The molecule has 122 valence electrons. The number of amides is 2. The molecule has 1 N–H and O–H groups in total. The van der Waals surface area contributed by atoms with E-state index < -0.39 is 26.8 Å². The van der Waals surface area contributed by atoms with E-state index in [4.69, 9.17) is 0 Å². The summed E-state index contributed by atoms with van der Waals surface area (Å²) >= 11 is 0. The topological polar surface area (TPSA) is 83.6 Å². The minimum atomic E-state index is -3.07. The molecule has 0 bridgehead atoms. The van der Waals surface area contributed by atoms with Gasteiger partial charge in [0.15, 0.2) is 0 Å². The molecule has 0 aliphatic carbocycles. The van der Waals surface area contributed by atoms with Gasteiger partial charge in [0.2, 0.25) is 11.8 Å². The van der Waals surface area contributed by atoms with Crippen LogP contribution < -0.4 is 5.32 Å². The Morgan fingerprint density at radius 1 is 1.24 bits per heavy atom. The van der Waals surface area contributed by atoms with Crippen LogP contribution >= 0.6 is 0 Å². The third-order valence-corrected chi connectivity index (χ3v) is 4.81. The maximum atomic E-state index is 12.7. The van der Waals surface area contributed by atoms with Gasteiger partial charge < -0.3 is 10.2 Å². The van der Waals surface area contributed by atoms with Crippen LogP contribution in [0, 0.1) is 5.41 Å². The molecule has 6 nitrogen and oxygen atoms in total. The first-order valence-electron chi connectivity index (χ1n) is 7.07. The van der Waals surface area contributed by atoms with E-state index in [1.54, 1.807) is 13.8 Å². The quantitative estimate of drug-likeness (QED) is 0.821. The Balaban J connectivity index is 2.95. The van der Waals surface area contributed by atoms with Gasteiger partial charge >= 0.3 is 0 Å². The van der Waals surface area contributed by atoms with Gasteiger partial charge in [-0.15, -0.1) is 0 Å². The van der Waals surface area contributed by atoms with Crippen LogP contribution in [0.3, 0.4) is 0 Å². The van der Waals surface area contributed by atoms with E-state index in [9.17, 15) is 18.0 Å². The van der Waals surface area contributed by atoms with Gasteiger partial charge in [0.05, 0.1) is 5.75 Å². The van der Waals surface area contributed by atoms with E-state index in [1.165, 1.54) is 11.2 Å². The van der Waals surface area contributed by atoms with E-state index in [0.717, 1.165) is 0 Å². The lowest BCUT2D eigenvalue weighted by atomic mass is 9.82. The number of piperazine rings is 1. The Morgan fingerprint density at radius 2 is 1.76 bits per heavy atom. The number of carbonyl (C=O) groups excluding carboxylic acids is 2. The number of nitrogens with one attached hydrogen (secondary N) is 1. The second-order valence-corrected chi connectivity index (χ2v) is 9.56. The van der Waals surface area contributed by atoms with Crippen molar-refractivity contribution in [3.8, 4) is 0 Å². The molecule has 21 heavy (non-hydrogen) atoms. The average Bonchev–Trinajstić information content (AvgIpc) is 2.25. The summed E-state index contributed by atoms with van der Waals surface area (Å²) < 4.78 is 22.4. The highest BCUT2D eigenvalue weighted by Crippen LogP contribution is 2.29. The fourth-order valence-electron chi connectivity index (χ4n) is 2.38. The summed E-state index contributed by atoms with van der Waals surface area (Å²) in [5.74, 6) is -0.351. The minimum absolute atomic E-state index is 0.00859. The predicted octanol–water partition coefficient (Wildman–Crippen LogP) is 0.573. The monoisotopic (exact) mass is 318 g/mol. The number of sulfone groups is 1. The molecule has 1 heterocycles. The van der Waals surface area contributed by atoms with Crippen molar-refractivity contribution < 1.29 is 18.0 Å². The molecule has 0 aromatic carbocycles. The summed E-state index contributed by atoms with van der Waals surface area (Å²) in [6.45, 7) is 9.30. The lowest BCUT2D eigenvalue weighted by Crippen LogP contribution is -2.70. The van der Waals surface area contributed by atoms with Crippen molar-refractivity contribution in [2.45, 2.75) is 52.6 Å². The summed E-state index contributed by atoms with van der Waals surface area (Å²) in [5.41, 5.74) is -1.35. The first-order valence-corrected chi connectivity index (χ1v) is 9.13. The maximum Gasteiger partial charge on any atom is 0.246 e. The summed E-state index contributed by atoms with van der Waals surface area (Å²) in [5, 5.41) is 2.78. The average molecular weight is 318 g/mol. The SMILES string of the molecule is CC(C)(C)C1NC(=O)C(C)(C)N(CCCS(C)(=O)=O)C1=O. The van der Waals surface area contributed by atoms with Crippen molar-refractivity contribution >= 4 is 21.7 Å². The standard InChI is InChI=1S/C14H26N2O4S/c1-13(2,3)10-11(17)16(8-7-9-21(6,19)20)14(4,5)12(18)15-10/h10H,7-9H2,1-6H3,(H,15,18). The van der Waals surface area contributed by atoms with Crippen LogP contribution in [0.4, 0.5) is 0 Å². The second-order valence-electron chi connectivity index (χ2n) is 7.30. The lowest BCUT2D eigenvalue weighted by Gasteiger charge is -2.47. The molecular formula is C14H26N2O4S. The van der Waals surface area contributed by atoms with Gasteiger partial charge in [0, 0.05) is 12.8 Å². The molecule has 7 heteroatoms. The molecule has 1 aliphatic heterocycles. The van der Waals surface area contributed by atoms with Crippen LogP contribution in [0.15, 0.2) is 0 Å². The molecule has 0 aromatic rings. The van der Waals surface area contributed by atoms with E-state index in [0.29, 0.717) is 6.42 Å². The number of carbonyl (C=O) groups is 2. The largest absolute Gasteiger partial charge is 0.342 e. The highest BCUT2D eigenvalue weighted by Gasteiger charge is 2.49. The lowest BCUT2D eigenvalue weighted by molar-refractivity contribution is -0.158. The zero-order chi connectivity index (χ0) is 16.6. The second kappa shape index (κ2) is 5.59. The molecule has 0 saturated carbocycles. The van der Waals surface area contributed by atoms with Crippen LogP contribution in [0.2, 0.25) is 0 Å². The molecule has 1 saturated heterocycles. The molecule has 1 rings (SSSR count). The fourth-order valence-corrected chi connectivity index (χ4v) is 3.04. The number of hydrogen-bond donors (Lipinski definition) is 1. The highest BCUT2D eigenvalue weighted by atomic mass is 32.2. The summed E-state index contributed by atoms with van der Waals surface area (Å²) in [7, 11) is -3.07. The molecule has 2 amide bonds. The molecule has 0 aromatic heterocycles. The molecule has 0 radical (unpaired) electrons. The molecule has 1 atom stereocenters. The zero-order valence-electron chi connectivity index (χ0n) is 13.7. The van der Waals surface area contributed by atoms with Crippen LogP contribution in [-0.4, -0.2) is 55.3 Å². The van der Waals surface area contributed by atoms with Crippen molar-refractivity contribution in [3.05, 3.63) is 0 Å². The molecule has 1 unspecified atom stereocenters. The first-order chi connectivity index (χ1) is 9.27. The van der Waals surface area contributed by atoms with Gasteiger partial charge in [-0.25, -0.2) is 8.42 Å². The third kappa shape index (κ3) is 4.18. The Morgan fingerprint density at radius 3 is 2.19 bits per heavy atom. The van der Waals surface area contributed by atoms with Crippen molar-refractivity contribution in [2.75, 3.05) is 18.6 Å². The summed E-state index contributed by atoms with van der Waals surface area (Å²) in [6, 6.07) is -0.587. The van der Waals surface area contributed by atoms with Crippen LogP contribution in [0.1, 0.15) is 41.0 Å². The van der Waals surface area contributed by atoms with E-state index in [-0.39, 0.29) is 24.1 Å². The molecule has 1 aliphatic rings. The molecule has 1 fully saturated rings. The van der Waals surface area contributed by atoms with E-state index >= 15 is 0 Å². The van der Waals surface area contributed by atoms with Crippen molar-refractivity contribution in [1.29, 1.82) is 0 Å². The predicted molar refractivity (Wildman–Crippen MR) is 81.5 cm³/mol. The number of rotatable bonds is 4. The first kappa shape index (κ1) is 17.9. The van der Waals surface area contributed by atoms with Gasteiger partial charge in [0.25, 0.3) is 0 Å². The number of nitrogens with zero attached hydrogens (tertiary/aromatic N) is 1. The van der Waals surface area contributed by atoms with E-state index in [1.807, 2.05) is 20.8 Å². The van der Waals surface area contributed by atoms with E-state index in [2.05, 4.69) is 5.32 Å². The van der Waals surface area contributed by atoms with Crippen molar-refractivity contribution in [1.82, 2.24) is 10.2 Å². The Hall–Kier alpha value is -1.11. The Labute approximate surface area is 127 Å². The van der Waals surface area contributed by atoms with Crippen molar-refractivity contribution in [3.63, 3.8) is 0 Å². The van der Waals surface area contributed by atoms with Crippen LogP contribution in [0.25, 0.3) is 0 Å². The van der Waals surface area contributed by atoms with Gasteiger partial charge in [-0.3, -0.25) is 9.59 Å². The Bertz CT molecular complexity index is 532. The Kier molecular flexibility index (Phi) is 4.77. The zero-order valence-corrected chi connectivity index (χ0v) is 14.5.